The van der Waals surface area contributed by atoms with E-state index in [2.05, 4.69) is 27.7 Å². The van der Waals surface area contributed by atoms with Gasteiger partial charge in [0.05, 0.1) is 5.60 Å². The van der Waals surface area contributed by atoms with E-state index in [1.54, 1.807) is 0 Å². The monoisotopic (exact) mass is 216 g/mol. The van der Waals surface area contributed by atoms with Gasteiger partial charge in [-0.3, -0.25) is 0 Å². The van der Waals surface area contributed by atoms with E-state index in [9.17, 15) is 5.11 Å². The maximum absolute atomic E-state index is 10.8. The first-order valence-electron chi connectivity index (χ1n) is 5.74. The van der Waals surface area contributed by atoms with Crippen LogP contribution in [0.25, 0.3) is 0 Å². The van der Waals surface area contributed by atoms with Crippen LogP contribution >= 0.6 is 11.8 Å². The second-order valence-electron chi connectivity index (χ2n) is 5.30. The molecular formula is C12H24OS. The Labute approximate surface area is 92.7 Å². The quantitative estimate of drug-likeness (QED) is 0.781. The molecule has 1 aliphatic rings. The minimum absolute atomic E-state index is 0.0901. The van der Waals surface area contributed by atoms with Gasteiger partial charge in [0.1, 0.15) is 0 Å². The fourth-order valence-electron chi connectivity index (χ4n) is 2.45. The molecule has 14 heavy (non-hydrogen) atoms. The lowest BCUT2D eigenvalue weighted by Gasteiger charge is -2.49. The van der Waals surface area contributed by atoms with Gasteiger partial charge in [-0.1, -0.05) is 34.1 Å². The van der Waals surface area contributed by atoms with Crippen molar-refractivity contribution in [3.8, 4) is 0 Å². The van der Waals surface area contributed by atoms with Crippen molar-refractivity contribution in [2.24, 2.45) is 11.3 Å². The number of thioether (sulfide) groups is 1. The summed E-state index contributed by atoms with van der Waals surface area (Å²) in [5, 5.41) is 10.8. The first-order valence-corrected chi connectivity index (χ1v) is 6.89. The first kappa shape index (κ1) is 12.4. The van der Waals surface area contributed by atoms with Crippen LogP contribution in [0.5, 0.6) is 0 Å². The fourth-order valence-corrected chi connectivity index (χ4v) is 4.23. The van der Waals surface area contributed by atoms with Gasteiger partial charge in [0, 0.05) is 5.75 Å². The normalized spacial score (nSPS) is 34.1. The highest BCUT2D eigenvalue weighted by molar-refractivity contribution is 7.99. The molecule has 0 saturated carbocycles. The van der Waals surface area contributed by atoms with Crippen LogP contribution in [0.3, 0.4) is 0 Å². The maximum Gasteiger partial charge on any atom is 0.0813 e. The van der Waals surface area contributed by atoms with Crippen LogP contribution in [-0.2, 0) is 0 Å². The summed E-state index contributed by atoms with van der Waals surface area (Å²) in [5.41, 5.74) is -0.362. The van der Waals surface area contributed by atoms with Crippen molar-refractivity contribution < 1.29 is 5.11 Å². The van der Waals surface area contributed by atoms with Gasteiger partial charge in [0.2, 0.25) is 0 Å². The highest BCUT2D eigenvalue weighted by Crippen LogP contribution is 2.47. The first-order chi connectivity index (χ1) is 6.44. The molecule has 1 fully saturated rings. The zero-order chi connectivity index (χ0) is 10.8. The summed E-state index contributed by atoms with van der Waals surface area (Å²) < 4.78 is 0. The third kappa shape index (κ3) is 2.11. The van der Waals surface area contributed by atoms with Gasteiger partial charge < -0.3 is 5.11 Å². The topological polar surface area (TPSA) is 20.2 Å². The molecule has 1 rings (SSSR count). The summed E-state index contributed by atoms with van der Waals surface area (Å²) in [6.07, 6.45) is 3.45. The third-order valence-electron chi connectivity index (χ3n) is 3.90. The molecule has 1 saturated heterocycles. The van der Waals surface area contributed by atoms with Crippen molar-refractivity contribution in [2.75, 3.05) is 11.5 Å². The molecule has 2 unspecified atom stereocenters. The molecule has 0 aromatic heterocycles. The van der Waals surface area contributed by atoms with Crippen LogP contribution < -0.4 is 0 Å². The van der Waals surface area contributed by atoms with Gasteiger partial charge in [0.25, 0.3) is 0 Å². The van der Waals surface area contributed by atoms with Gasteiger partial charge in [-0.2, -0.15) is 11.8 Å². The smallest absolute Gasteiger partial charge is 0.0813 e. The Balaban J connectivity index is 2.77. The zero-order valence-corrected chi connectivity index (χ0v) is 10.8. The second kappa shape index (κ2) is 4.44. The lowest BCUT2D eigenvalue weighted by molar-refractivity contribution is -0.0947. The minimum Gasteiger partial charge on any atom is -0.388 e. The van der Waals surface area contributed by atoms with Crippen molar-refractivity contribution in [1.29, 1.82) is 0 Å². The largest absolute Gasteiger partial charge is 0.388 e. The standard InChI is InChI=1S/C12H24OS/c1-5-6-10(2)12(13)9-14-8-7-11(12,3)4/h10,13H,5-9H2,1-4H3. The Hall–Kier alpha value is 0.310. The molecule has 1 nitrogen and oxygen atoms in total. The van der Waals surface area contributed by atoms with E-state index < -0.39 is 5.60 Å². The number of hydrogen-bond donors (Lipinski definition) is 1. The van der Waals surface area contributed by atoms with Crippen LogP contribution in [0.15, 0.2) is 0 Å². The predicted molar refractivity (Wildman–Crippen MR) is 64.7 cm³/mol. The fraction of sp³-hybridized carbons (Fsp3) is 1.00. The molecule has 1 aliphatic heterocycles. The Morgan fingerprint density at radius 2 is 2.07 bits per heavy atom. The van der Waals surface area contributed by atoms with E-state index in [0.717, 1.165) is 18.6 Å². The van der Waals surface area contributed by atoms with Gasteiger partial charge in [-0.15, -0.1) is 0 Å². The summed E-state index contributed by atoms with van der Waals surface area (Å²) in [7, 11) is 0. The lowest BCUT2D eigenvalue weighted by Crippen LogP contribution is -2.54. The van der Waals surface area contributed by atoms with Crippen LogP contribution in [0.1, 0.15) is 47.0 Å². The SMILES string of the molecule is CCCC(C)C1(O)CSCCC1(C)C. The lowest BCUT2D eigenvalue weighted by atomic mass is 9.66. The van der Waals surface area contributed by atoms with Gasteiger partial charge in [-0.25, -0.2) is 0 Å². The highest BCUT2D eigenvalue weighted by Gasteiger charge is 2.48. The molecule has 0 bridgehead atoms. The van der Waals surface area contributed by atoms with E-state index in [0.29, 0.717) is 5.92 Å². The summed E-state index contributed by atoms with van der Waals surface area (Å²) in [6, 6.07) is 0. The van der Waals surface area contributed by atoms with Gasteiger partial charge >= 0.3 is 0 Å². The highest BCUT2D eigenvalue weighted by atomic mass is 32.2. The molecule has 1 N–H and O–H groups in total. The summed E-state index contributed by atoms with van der Waals surface area (Å²) in [6.45, 7) is 8.84. The third-order valence-corrected chi connectivity index (χ3v) is 5.04. The number of rotatable bonds is 3. The van der Waals surface area contributed by atoms with Gasteiger partial charge in [0.15, 0.2) is 0 Å². The molecule has 0 aromatic rings. The summed E-state index contributed by atoms with van der Waals surface area (Å²) in [5.74, 6) is 2.55. The van der Waals surface area contributed by atoms with E-state index in [4.69, 9.17) is 0 Å². The Morgan fingerprint density at radius 3 is 2.57 bits per heavy atom. The summed E-state index contributed by atoms with van der Waals surface area (Å²) >= 11 is 1.91. The molecule has 84 valence electrons. The molecule has 0 aliphatic carbocycles. The van der Waals surface area contributed by atoms with Crippen LogP contribution in [0.4, 0.5) is 0 Å². The van der Waals surface area contributed by atoms with Crippen molar-refractivity contribution in [1.82, 2.24) is 0 Å². The predicted octanol–water partition coefficient (Wildman–Crippen LogP) is 3.32. The molecular weight excluding hydrogens is 192 g/mol. The van der Waals surface area contributed by atoms with Crippen molar-refractivity contribution in [3.63, 3.8) is 0 Å². The van der Waals surface area contributed by atoms with E-state index in [1.807, 2.05) is 11.8 Å². The van der Waals surface area contributed by atoms with Crippen LogP contribution in [0, 0.1) is 11.3 Å². The Morgan fingerprint density at radius 1 is 1.43 bits per heavy atom. The van der Waals surface area contributed by atoms with E-state index in [1.165, 1.54) is 12.2 Å². The molecule has 0 spiro atoms. The minimum atomic E-state index is -0.452. The Kier molecular flexibility index (Phi) is 3.93. The average molecular weight is 216 g/mol. The Bertz CT molecular complexity index is 191. The van der Waals surface area contributed by atoms with Gasteiger partial charge in [-0.05, 0) is 29.9 Å². The molecule has 2 atom stereocenters. The van der Waals surface area contributed by atoms with Crippen LogP contribution in [0.2, 0.25) is 0 Å². The van der Waals surface area contributed by atoms with Crippen molar-refractivity contribution in [3.05, 3.63) is 0 Å². The number of aliphatic hydroxyl groups is 1. The molecule has 1 heterocycles. The maximum atomic E-state index is 10.8. The van der Waals surface area contributed by atoms with Crippen LogP contribution in [-0.4, -0.2) is 22.2 Å². The average Bonchev–Trinajstić information content (AvgIpc) is 2.10. The second-order valence-corrected chi connectivity index (χ2v) is 6.41. The number of hydrogen-bond acceptors (Lipinski definition) is 2. The van der Waals surface area contributed by atoms with Crippen molar-refractivity contribution >= 4 is 11.8 Å². The van der Waals surface area contributed by atoms with Crippen molar-refractivity contribution in [2.45, 2.75) is 52.6 Å². The molecule has 0 aromatic carbocycles. The molecule has 2 heteroatoms. The van der Waals surface area contributed by atoms with E-state index >= 15 is 0 Å². The molecule has 0 radical (unpaired) electrons. The van der Waals surface area contributed by atoms with E-state index in [-0.39, 0.29) is 5.41 Å². The molecule has 0 amide bonds. The zero-order valence-electron chi connectivity index (χ0n) is 9.97. The summed E-state index contributed by atoms with van der Waals surface area (Å²) in [4.78, 5) is 0.